The first kappa shape index (κ1) is 19.9. The van der Waals surface area contributed by atoms with E-state index in [1.165, 1.54) is 20.2 Å². The highest BCUT2D eigenvalue weighted by Gasteiger charge is 2.24. The number of amides is 1. The van der Waals surface area contributed by atoms with Crippen molar-refractivity contribution in [3.63, 3.8) is 0 Å². The van der Waals surface area contributed by atoms with E-state index in [1.807, 2.05) is 13.8 Å². The summed E-state index contributed by atoms with van der Waals surface area (Å²) in [5.41, 5.74) is 0. The van der Waals surface area contributed by atoms with E-state index in [-0.39, 0.29) is 16.9 Å². The quantitative estimate of drug-likeness (QED) is 0.786. The molecule has 25 heavy (non-hydrogen) atoms. The minimum absolute atomic E-state index is 0.000112. The summed E-state index contributed by atoms with van der Waals surface area (Å²) in [5.74, 6) is 1.14. The summed E-state index contributed by atoms with van der Waals surface area (Å²) in [6, 6.07) is 3.23. The molecule has 1 amide bonds. The van der Waals surface area contributed by atoms with Gasteiger partial charge in [-0.15, -0.1) is 0 Å². The van der Waals surface area contributed by atoms with Gasteiger partial charge in [-0.05, 0) is 37.4 Å². The van der Waals surface area contributed by atoms with Crippen LogP contribution >= 0.6 is 0 Å². The van der Waals surface area contributed by atoms with Crippen LogP contribution in [0.25, 0.3) is 0 Å². The van der Waals surface area contributed by atoms with Crippen molar-refractivity contribution in [1.82, 2.24) is 14.5 Å². The number of hydrogen-bond acceptors (Lipinski definition) is 5. The summed E-state index contributed by atoms with van der Waals surface area (Å²) in [5, 5.41) is 2.98. The van der Waals surface area contributed by atoms with Gasteiger partial charge in [-0.1, -0.05) is 13.8 Å². The second-order valence-electron chi connectivity index (χ2n) is 7.15. The van der Waals surface area contributed by atoms with E-state index in [0.29, 0.717) is 24.8 Å². The Bertz CT molecular complexity index is 682. The van der Waals surface area contributed by atoms with Crippen molar-refractivity contribution in [1.29, 1.82) is 0 Å². The Hall–Kier alpha value is -1.38. The molecular formula is C17H29N3O4S. The standard InChI is InChI=1S/C17H29N3O4S/c1-13(2)17(21)18-10-14-6-5-9-20(11-14)12-15-7-8-16(24-15)25(22,23)19(3)4/h7-8,13-14H,5-6,9-12H2,1-4H3,(H,18,21). The molecule has 1 aliphatic rings. The number of carbonyl (C=O) groups is 1. The fraction of sp³-hybridized carbons (Fsp3) is 0.706. The van der Waals surface area contributed by atoms with E-state index >= 15 is 0 Å². The van der Waals surface area contributed by atoms with Crippen molar-refractivity contribution in [3.8, 4) is 0 Å². The molecule has 1 aliphatic heterocycles. The van der Waals surface area contributed by atoms with Crippen LogP contribution in [0.4, 0.5) is 0 Å². The van der Waals surface area contributed by atoms with Crippen molar-refractivity contribution >= 4 is 15.9 Å². The van der Waals surface area contributed by atoms with Crippen LogP contribution < -0.4 is 5.32 Å². The number of piperidine rings is 1. The first-order valence-corrected chi connectivity index (χ1v) is 10.2. The molecule has 2 heterocycles. The Morgan fingerprint density at radius 1 is 1.40 bits per heavy atom. The third-order valence-electron chi connectivity index (χ3n) is 4.44. The van der Waals surface area contributed by atoms with Gasteiger partial charge in [-0.3, -0.25) is 9.69 Å². The highest BCUT2D eigenvalue weighted by molar-refractivity contribution is 7.88. The van der Waals surface area contributed by atoms with Crippen LogP contribution in [0.1, 0.15) is 32.4 Å². The molecule has 1 fully saturated rings. The van der Waals surface area contributed by atoms with Crippen molar-refractivity contribution in [2.24, 2.45) is 11.8 Å². The van der Waals surface area contributed by atoms with Gasteiger partial charge < -0.3 is 9.73 Å². The van der Waals surface area contributed by atoms with Crippen LogP contribution in [0.2, 0.25) is 0 Å². The second kappa shape index (κ2) is 8.33. The zero-order valence-corrected chi connectivity index (χ0v) is 16.3. The number of hydrogen-bond donors (Lipinski definition) is 1. The first-order valence-electron chi connectivity index (χ1n) is 8.71. The highest BCUT2D eigenvalue weighted by atomic mass is 32.2. The van der Waals surface area contributed by atoms with Gasteiger partial charge in [0.2, 0.25) is 11.0 Å². The lowest BCUT2D eigenvalue weighted by Gasteiger charge is -2.32. The molecule has 1 atom stereocenters. The number of sulfonamides is 1. The smallest absolute Gasteiger partial charge is 0.275 e. The third-order valence-corrected chi connectivity index (χ3v) is 6.13. The maximum Gasteiger partial charge on any atom is 0.275 e. The van der Waals surface area contributed by atoms with Gasteiger partial charge in [0.25, 0.3) is 10.0 Å². The third kappa shape index (κ3) is 5.29. The molecular weight excluding hydrogens is 342 g/mol. The van der Waals surface area contributed by atoms with Crippen LogP contribution in [-0.4, -0.2) is 57.3 Å². The Kier molecular flexibility index (Phi) is 6.65. The van der Waals surface area contributed by atoms with Crippen LogP contribution in [0.5, 0.6) is 0 Å². The van der Waals surface area contributed by atoms with Gasteiger partial charge in [-0.2, -0.15) is 0 Å². The predicted octanol–water partition coefficient (Wildman–Crippen LogP) is 1.51. The lowest BCUT2D eigenvalue weighted by atomic mass is 9.97. The number of carbonyl (C=O) groups excluding carboxylic acids is 1. The van der Waals surface area contributed by atoms with E-state index < -0.39 is 10.0 Å². The SMILES string of the molecule is CC(C)C(=O)NCC1CCCN(Cc2ccc(S(=O)(=O)N(C)C)o2)C1. The van der Waals surface area contributed by atoms with Gasteiger partial charge in [0.05, 0.1) is 6.54 Å². The number of nitrogens with one attached hydrogen (secondary N) is 1. The monoisotopic (exact) mass is 371 g/mol. The fourth-order valence-electron chi connectivity index (χ4n) is 2.89. The van der Waals surface area contributed by atoms with E-state index in [0.717, 1.165) is 30.2 Å². The Morgan fingerprint density at radius 3 is 2.76 bits per heavy atom. The minimum atomic E-state index is -3.53. The molecule has 1 unspecified atom stereocenters. The van der Waals surface area contributed by atoms with Crippen molar-refractivity contribution in [3.05, 3.63) is 17.9 Å². The highest BCUT2D eigenvalue weighted by Crippen LogP contribution is 2.21. The summed E-state index contributed by atoms with van der Waals surface area (Å²) in [4.78, 5) is 14.0. The maximum absolute atomic E-state index is 12.1. The molecule has 7 nitrogen and oxygen atoms in total. The largest absolute Gasteiger partial charge is 0.447 e. The number of furan rings is 1. The second-order valence-corrected chi connectivity index (χ2v) is 9.23. The Balaban J connectivity index is 1.90. The maximum atomic E-state index is 12.1. The number of nitrogens with zero attached hydrogens (tertiary/aromatic N) is 2. The van der Waals surface area contributed by atoms with Crippen molar-refractivity contribution < 1.29 is 17.6 Å². The van der Waals surface area contributed by atoms with Crippen molar-refractivity contribution in [2.75, 3.05) is 33.7 Å². The fourth-order valence-corrected chi connectivity index (χ4v) is 3.70. The topological polar surface area (TPSA) is 82.9 Å². The van der Waals surface area contributed by atoms with Gasteiger partial charge in [-0.25, -0.2) is 12.7 Å². The van der Waals surface area contributed by atoms with E-state index in [1.54, 1.807) is 6.07 Å². The lowest BCUT2D eigenvalue weighted by molar-refractivity contribution is -0.124. The molecule has 2 rings (SSSR count). The summed E-state index contributed by atoms with van der Waals surface area (Å²) in [6.07, 6.45) is 2.15. The van der Waals surface area contributed by atoms with Gasteiger partial charge in [0.15, 0.2) is 0 Å². The molecule has 0 spiro atoms. The van der Waals surface area contributed by atoms with Crippen LogP contribution in [-0.2, 0) is 21.4 Å². The summed E-state index contributed by atoms with van der Waals surface area (Å²) < 4.78 is 30.8. The Morgan fingerprint density at radius 2 is 2.12 bits per heavy atom. The molecule has 1 saturated heterocycles. The van der Waals surface area contributed by atoms with Crippen LogP contribution in [0.3, 0.4) is 0 Å². The van der Waals surface area contributed by atoms with E-state index in [4.69, 9.17) is 4.42 Å². The zero-order chi connectivity index (χ0) is 18.6. The van der Waals surface area contributed by atoms with Crippen LogP contribution in [0, 0.1) is 11.8 Å². The molecule has 0 radical (unpaired) electrons. The molecule has 0 bridgehead atoms. The molecule has 1 aromatic rings. The molecule has 8 heteroatoms. The van der Waals surface area contributed by atoms with Gasteiger partial charge in [0.1, 0.15) is 5.76 Å². The molecule has 142 valence electrons. The number of likely N-dealkylation sites (tertiary alicyclic amines) is 1. The van der Waals surface area contributed by atoms with E-state index in [2.05, 4.69) is 10.2 Å². The normalized spacial score (nSPS) is 19.5. The number of rotatable bonds is 7. The lowest BCUT2D eigenvalue weighted by Crippen LogP contribution is -2.41. The first-order chi connectivity index (χ1) is 11.7. The van der Waals surface area contributed by atoms with E-state index in [9.17, 15) is 13.2 Å². The van der Waals surface area contributed by atoms with Crippen LogP contribution in [0.15, 0.2) is 21.6 Å². The van der Waals surface area contributed by atoms with Gasteiger partial charge >= 0.3 is 0 Å². The molecule has 0 saturated carbocycles. The molecule has 0 aromatic carbocycles. The summed E-state index contributed by atoms with van der Waals surface area (Å²) in [6.45, 7) is 6.86. The van der Waals surface area contributed by atoms with Gasteiger partial charge in [0, 0.05) is 33.1 Å². The molecule has 1 aromatic heterocycles. The Labute approximate surface area is 150 Å². The molecule has 1 N–H and O–H groups in total. The van der Waals surface area contributed by atoms with Crippen molar-refractivity contribution in [2.45, 2.75) is 38.3 Å². The summed E-state index contributed by atoms with van der Waals surface area (Å²) in [7, 11) is -0.565. The average molecular weight is 372 g/mol. The predicted molar refractivity (Wildman–Crippen MR) is 95.4 cm³/mol. The minimum Gasteiger partial charge on any atom is -0.447 e. The summed E-state index contributed by atoms with van der Waals surface area (Å²) >= 11 is 0. The molecule has 0 aliphatic carbocycles. The zero-order valence-electron chi connectivity index (χ0n) is 15.5. The average Bonchev–Trinajstić information content (AvgIpc) is 3.02.